The number of piperidine rings is 1. The van der Waals surface area contributed by atoms with Crippen LogP contribution in [0, 0.1) is 5.92 Å². The molecule has 30 heavy (non-hydrogen) atoms. The molecule has 2 fully saturated rings. The Balaban J connectivity index is 1.41. The number of unbranched alkanes of at least 4 members (excludes halogenated alkanes) is 2. The zero-order chi connectivity index (χ0) is 21.2. The van der Waals surface area contributed by atoms with Crippen LogP contribution in [0.4, 0.5) is 0 Å². The van der Waals surface area contributed by atoms with Crippen molar-refractivity contribution in [3.05, 3.63) is 30.1 Å². The molecule has 6 nitrogen and oxygen atoms in total. The Morgan fingerprint density at radius 2 is 1.80 bits per heavy atom. The first-order valence-electron chi connectivity index (χ1n) is 11.6. The van der Waals surface area contributed by atoms with E-state index in [4.69, 9.17) is 4.74 Å². The topological polar surface area (TPSA) is 76.6 Å². The number of amides is 1. The van der Waals surface area contributed by atoms with Gasteiger partial charge in [0, 0.05) is 24.9 Å². The molecule has 6 heteroatoms. The minimum atomic E-state index is -0.603. The predicted molar refractivity (Wildman–Crippen MR) is 114 cm³/mol. The number of hydrogen-bond donors (Lipinski definition) is 0. The van der Waals surface area contributed by atoms with E-state index in [0.29, 0.717) is 19.6 Å². The summed E-state index contributed by atoms with van der Waals surface area (Å²) in [5.74, 6) is -1.29. The second kappa shape index (κ2) is 11.8. The molecule has 1 unspecified atom stereocenters. The number of nitrogens with zero attached hydrogens (tertiary/aromatic N) is 2. The van der Waals surface area contributed by atoms with Crippen LogP contribution in [0.25, 0.3) is 0 Å². The highest BCUT2D eigenvalue weighted by molar-refractivity contribution is 6.37. The van der Waals surface area contributed by atoms with Gasteiger partial charge >= 0.3 is 5.97 Å². The summed E-state index contributed by atoms with van der Waals surface area (Å²) in [5, 5.41) is 0. The Morgan fingerprint density at radius 3 is 2.57 bits per heavy atom. The number of likely N-dealkylation sites (tertiary alicyclic amines) is 1. The first-order chi connectivity index (χ1) is 14.7. The van der Waals surface area contributed by atoms with Crippen molar-refractivity contribution in [1.29, 1.82) is 0 Å². The van der Waals surface area contributed by atoms with Gasteiger partial charge in [-0.25, -0.2) is 4.79 Å². The lowest BCUT2D eigenvalue weighted by Gasteiger charge is -2.34. The largest absolute Gasteiger partial charge is 0.464 e. The maximum absolute atomic E-state index is 12.8. The molecule has 164 valence electrons. The SMILES string of the molecule is O=C(C(=O)N1CCCCC1C(=O)OCCCCCc1cccnc1)C1CCCCC1. The van der Waals surface area contributed by atoms with Crippen LogP contribution in [0.2, 0.25) is 0 Å². The Hall–Kier alpha value is -2.24. The fraction of sp³-hybridized carbons (Fsp3) is 0.667. The fourth-order valence-electron chi connectivity index (χ4n) is 4.52. The molecule has 1 saturated heterocycles. The monoisotopic (exact) mass is 414 g/mol. The summed E-state index contributed by atoms with van der Waals surface area (Å²) < 4.78 is 5.48. The summed E-state index contributed by atoms with van der Waals surface area (Å²) in [5.41, 5.74) is 1.22. The predicted octanol–water partition coefficient (Wildman–Crippen LogP) is 3.87. The second-order valence-corrected chi connectivity index (χ2v) is 8.55. The summed E-state index contributed by atoms with van der Waals surface area (Å²) in [6, 6.07) is 3.40. The van der Waals surface area contributed by atoms with Crippen molar-refractivity contribution in [3.8, 4) is 0 Å². The molecule has 1 saturated carbocycles. The molecule has 1 amide bonds. The molecule has 1 aliphatic carbocycles. The molecule has 0 bridgehead atoms. The van der Waals surface area contributed by atoms with Gasteiger partial charge in [0.2, 0.25) is 5.78 Å². The van der Waals surface area contributed by atoms with Crippen molar-refractivity contribution in [3.63, 3.8) is 0 Å². The highest BCUT2D eigenvalue weighted by Crippen LogP contribution is 2.26. The van der Waals surface area contributed by atoms with Crippen LogP contribution < -0.4 is 0 Å². The number of aromatic nitrogens is 1. The molecule has 0 spiro atoms. The minimum Gasteiger partial charge on any atom is -0.464 e. The number of rotatable bonds is 9. The van der Waals surface area contributed by atoms with E-state index < -0.39 is 11.9 Å². The highest BCUT2D eigenvalue weighted by atomic mass is 16.5. The average molecular weight is 415 g/mol. The number of ketones is 1. The number of Topliss-reactive ketones (excluding diaryl/α,β-unsaturated/α-hetero) is 1. The molecular weight excluding hydrogens is 380 g/mol. The van der Waals surface area contributed by atoms with E-state index in [1.807, 2.05) is 12.3 Å². The summed E-state index contributed by atoms with van der Waals surface area (Å²) in [4.78, 5) is 43.7. The van der Waals surface area contributed by atoms with Crippen molar-refractivity contribution in [2.24, 2.45) is 5.92 Å². The van der Waals surface area contributed by atoms with Gasteiger partial charge in [0.1, 0.15) is 6.04 Å². The van der Waals surface area contributed by atoms with Gasteiger partial charge in [-0.05, 0) is 69.4 Å². The van der Waals surface area contributed by atoms with Crippen molar-refractivity contribution in [1.82, 2.24) is 9.88 Å². The molecule has 1 atom stereocenters. The lowest BCUT2D eigenvalue weighted by atomic mass is 9.85. The number of carbonyl (C=O) groups is 3. The number of carbonyl (C=O) groups excluding carboxylic acids is 3. The number of ether oxygens (including phenoxy) is 1. The first kappa shape index (κ1) is 22.4. The standard InChI is InChI=1S/C24H34N2O4/c27-22(20-12-4-1-5-13-20)23(28)26-16-7-6-14-21(26)24(29)30-17-8-2-3-10-19-11-9-15-25-18-19/h9,11,15,18,20-21H,1-8,10,12-14,16-17H2. The van der Waals surface area contributed by atoms with Gasteiger partial charge in [-0.1, -0.05) is 25.3 Å². The number of hydrogen-bond acceptors (Lipinski definition) is 5. The average Bonchev–Trinajstić information content (AvgIpc) is 2.81. The second-order valence-electron chi connectivity index (χ2n) is 8.55. The Kier molecular flexibility index (Phi) is 8.84. The zero-order valence-corrected chi connectivity index (χ0v) is 17.9. The third-order valence-corrected chi connectivity index (χ3v) is 6.30. The van der Waals surface area contributed by atoms with Crippen LogP contribution in [0.15, 0.2) is 24.5 Å². The third-order valence-electron chi connectivity index (χ3n) is 6.30. The molecule has 1 aromatic heterocycles. The van der Waals surface area contributed by atoms with Gasteiger partial charge < -0.3 is 9.64 Å². The molecule has 0 aromatic carbocycles. The van der Waals surface area contributed by atoms with Gasteiger partial charge in [-0.3, -0.25) is 14.6 Å². The maximum atomic E-state index is 12.8. The van der Waals surface area contributed by atoms with Crippen LogP contribution in [0.3, 0.4) is 0 Å². The van der Waals surface area contributed by atoms with Crippen molar-refractivity contribution < 1.29 is 19.1 Å². The normalized spacial score (nSPS) is 20.0. The minimum absolute atomic E-state index is 0.162. The van der Waals surface area contributed by atoms with Crippen molar-refractivity contribution in [2.45, 2.75) is 83.1 Å². The molecule has 2 heterocycles. The molecule has 1 aromatic rings. The molecule has 0 N–H and O–H groups in total. The van der Waals surface area contributed by atoms with Gasteiger partial charge in [-0.2, -0.15) is 0 Å². The van der Waals surface area contributed by atoms with E-state index in [1.165, 1.54) is 10.5 Å². The van der Waals surface area contributed by atoms with Crippen molar-refractivity contribution >= 4 is 17.7 Å². The van der Waals surface area contributed by atoms with E-state index in [1.54, 1.807) is 6.20 Å². The third kappa shape index (κ3) is 6.38. The summed E-state index contributed by atoms with van der Waals surface area (Å²) in [6.45, 7) is 0.836. The van der Waals surface area contributed by atoms with Gasteiger partial charge in [-0.15, -0.1) is 0 Å². The fourth-order valence-corrected chi connectivity index (χ4v) is 4.52. The van der Waals surface area contributed by atoms with Crippen LogP contribution in [-0.4, -0.2) is 46.7 Å². The quantitative estimate of drug-likeness (QED) is 0.348. The molecule has 3 rings (SSSR count). The zero-order valence-electron chi connectivity index (χ0n) is 17.9. The van der Waals surface area contributed by atoms with E-state index in [9.17, 15) is 14.4 Å². The Labute approximate surface area is 179 Å². The molecule has 0 radical (unpaired) electrons. The lowest BCUT2D eigenvalue weighted by Crippen LogP contribution is -2.52. The summed E-state index contributed by atoms with van der Waals surface area (Å²) in [7, 11) is 0. The first-order valence-corrected chi connectivity index (χ1v) is 11.6. The number of esters is 1. The van der Waals surface area contributed by atoms with E-state index in [-0.39, 0.29) is 17.7 Å². The molecular formula is C24H34N2O4. The van der Waals surface area contributed by atoms with E-state index in [2.05, 4.69) is 11.1 Å². The summed E-state index contributed by atoms with van der Waals surface area (Å²) in [6.07, 6.45) is 14.5. The van der Waals surface area contributed by atoms with Crippen LogP contribution in [-0.2, 0) is 25.5 Å². The van der Waals surface area contributed by atoms with Gasteiger partial charge in [0.15, 0.2) is 0 Å². The smallest absolute Gasteiger partial charge is 0.328 e. The van der Waals surface area contributed by atoms with Crippen LogP contribution >= 0.6 is 0 Å². The lowest BCUT2D eigenvalue weighted by molar-refractivity contribution is -0.160. The Morgan fingerprint density at radius 1 is 1.00 bits per heavy atom. The number of pyridine rings is 1. The van der Waals surface area contributed by atoms with E-state index >= 15 is 0 Å². The van der Waals surface area contributed by atoms with Crippen LogP contribution in [0.5, 0.6) is 0 Å². The molecule has 2 aliphatic rings. The van der Waals surface area contributed by atoms with Crippen molar-refractivity contribution in [2.75, 3.05) is 13.2 Å². The number of aryl methyl sites for hydroxylation is 1. The maximum Gasteiger partial charge on any atom is 0.328 e. The highest BCUT2D eigenvalue weighted by Gasteiger charge is 2.38. The Bertz CT molecular complexity index is 700. The summed E-state index contributed by atoms with van der Waals surface area (Å²) >= 11 is 0. The van der Waals surface area contributed by atoms with Gasteiger partial charge in [0.25, 0.3) is 5.91 Å². The van der Waals surface area contributed by atoms with E-state index in [0.717, 1.165) is 70.6 Å². The van der Waals surface area contributed by atoms with Crippen LogP contribution in [0.1, 0.15) is 76.2 Å². The van der Waals surface area contributed by atoms with Gasteiger partial charge in [0.05, 0.1) is 6.61 Å². The molecule has 1 aliphatic heterocycles.